The predicted molar refractivity (Wildman–Crippen MR) is 63.8 cm³/mol. The number of rotatable bonds is 1. The SMILES string of the molecule is C[N+]1=C=CN=CC(c2ncnc[nH+]2)=C1I.[I-]. The molecule has 1 aromatic heterocycles. The number of nitrogens with one attached hydrogen (secondary N) is 1. The standard InChI is InChI=1S/C9H7IN5.HI/c1-15-3-2-11-4-7(8(15)10)9-13-5-12-6-14-9;/h2,4-6H,1H3;1H/q+1;. The second kappa shape index (κ2) is 6.16. The molecule has 0 aliphatic carbocycles. The van der Waals surface area contributed by atoms with Gasteiger partial charge in [0.25, 0.3) is 15.9 Å². The first-order chi connectivity index (χ1) is 7.29. The first-order valence-corrected chi connectivity index (χ1v) is 5.29. The van der Waals surface area contributed by atoms with Crippen LogP contribution in [-0.2, 0) is 0 Å². The molecular weight excluding hydrogens is 432 g/mol. The van der Waals surface area contributed by atoms with E-state index in [4.69, 9.17) is 0 Å². The summed E-state index contributed by atoms with van der Waals surface area (Å²) in [6.07, 6.45) is 6.46. The molecule has 0 unspecified atom stereocenters. The zero-order valence-electron chi connectivity index (χ0n) is 8.35. The fraction of sp³-hybridized carbons (Fsp3) is 0.111. The van der Waals surface area contributed by atoms with Crippen LogP contribution in [0.5, 0.6) is 0 Å². The van der Waals surface area contributed by atoms with E-state index in [0.29, 0.717) is 0 Å². The Labute approximate surface area is 123 Å². The van der Waals surface area contributed by atoms with E-state index < -0.39 is 0 Å². The van der Waals surface area contributed by atoms with Gasteiger partial charge < -0.3 is 24.0 Å². The van der Waals surface area contributed by atoms with Gasteiger partial charge in [-0.25, -0.2) is 9.98 Å². The van der Waals surface area contributed by atoms with Crippen molar-refractivity contribution in [3.05, 3.63) is 28.4 Å². The van der Waals surface area contributed by atoms with Crippen LogP contribution in [-0.4, -0.2) is 33.7 Å². The van der Waals surface area contributed by atoms with Crippen LogP contribution in [0.3, 0.4) is 0 Å². The maximum atomic E-state index is 4.14. The average Bonchev–Trinajstić information content (AvgIpc) is 2.44. The molecule has 1 N–H and O–H groups in total. The molecule has 1 aliphatic rings. The van der Waals surface area contributed by atoms with Gasteiger partial charge in [0, 0.05) is 28.8 Å². The lowest BCUT2D eigenvalue weighted by molar-refractivity contribution is -0.419. The van der Waals surface area contributed by atoms with E-state index >= 15 is 0 Å². The normalized spacial score (nSPS) is 14.2. The summed E-state index contributed by atoms with van der Waals surface area (Å²) in [6.45, 7) is 0. The summed E-state index contributed by atoms with van der Waals surface area (Å²) in [5.74, 6) is 3.72. The van der Waals surface area contributed by atoms with Crippen LogP contribution in [0, 0.1) is 0 Å². The van der Waals surface area contributed by atoms with Crippen molar-refractivity contribution in [3.63, 3.8) is 0 Å². The molecule has 82 valence electrons. The molecule has 2 rings (SSSR count). The monoisotopic (exact) mass is 440 g/mol. The number of nitrogens with zero attached hydrogens (tertiary/aromatic N) is 4. The third-order valence-electron chi connectivity index (χ3n) is 1.83. The molecule has 1 aromatic rings. The molecular formula is C9H8I2N5+. The summed E-state index contributed by atoms with van der Waals surface area (Å²) in [4.78, 5) is 15.0. The third-order valence-corrected chi connectivity index (χ3v) is 3.14. The van der Waals surface area contributed by atoms with Crippen molar-refractivity contribution in [2.45, 2.75) is 0 Å². The van der Waals surface area contributed by atoms with Crippen LogP contribution < -0.4 is 29.0 Å². The highest BCUT2D eigenvalue weighted by molar-refractivity contribution is 14.1. The highest BCUT2D eigenvalue weighted by Crippen LogP contribution is 2.18. The van der Waals surface area contributed by atoms with Crippen molar-refractivity contribution in [1.29, 1.82) is 0 Å². The molecule has 0 radical (unpaired) electrons. The van der Waals surface area contributed by atoms with E-state index in [1.54, 1.807) is 18.7 Å². The predicted octanol–water partition coefficient (Wildman–Crippen LogP) is -2.69. The molecule has 1 aliphatic heterocycles. The minimum Gasteiger partial charge on any atom is -1.00 e. The molecule has 0 spiro atoms. The van der Waals surface area contributed by atoms with Crippen molar-refractivity contribution < 1.29 is 33.5 Å². The Morgan fingerprint density at radius 2 is 2.31 bits per heavy atom. The van der Waals surface area contributed by atoms with E-state index in [1.807, 2.05) is 11.6 Å². The van der Waals surface area contributed by atoms with E-state index in [9.17, 15) is 0 Å². The van der Waals surface area contributed by atoms with E-state index in [1.165, 1.54) is 6.33 Å². The summed E-state index contributed by atoms with van der Waals surface area (Å²) in [5, 5.41) is 0. The summed E-state index contributed by atoms with van der Waals surface area (Å²) in [7, 11) is 1.91. The van der Waals surface area contributed by atoms with E-state index in [0.717, 1.165) is 15.1 Å². The van der Waals surface area contributed by atoms with Crippen molar-refractivity contribution >= 4 is 40.2 Å². The second-order valence-electron chi connectivity index (χ2n) is 2.82. The Kier molecular flexibility index (Phi) is 5.16. The maximum Gasteiger partial charge on any atom is 0.279 e. The second-order valence-corrected chi connectivity index (χ2v) is 3.84. The zero-order chi connectivity index (χ0) is 10.7. The van der Waals surface area contributed by atoms with Gasteiger partial charge in [0.1, 0.15) is 18.8 Å². The van der Waals surface area contributed by atoms with Gasteiger partial charge in [-0.05, 0) is 0 Å². The Hall–Kier alpha value is -0.670. The number of allylic oxidation sites excluding steroid dienone is 1. The first-order valence-electron chi connectivity index (χ1n) is 4.21. The average molecular weight is 440 g/mol. The van der Waals surface area contributed by atoms with Crippen LogP contribution in [0.15, 0.2) is 27.6 Å². The van der Waals surface area contributed by atoms with Gasteiger partial charge in [0.2, 0.25) is 6.33 Å². The number of H-pyrrole nitrogens is 1. The van der Waals surface area contributed by atoms with Crippen molar-refractivity contribution in [2.75, 3.05) is 7.05 Å². The fourth-order valence-corrected chi connectivity index (χ4v) is 1.62. The van der Waals surface area contributed by atoms with Crippen molar-refractivity contribution in [3.8, 4) is 0 Å². The molecule has 0 saturated heterocycles. The summed E-state index contributed by atoms with van der Waals surface area (Å²) >= 11 is 2.22. The zero-order valence-corrected chi connectivity index (χ0v) is 12.7. The Balaban J connectivity index is 0.00000128. The largest absolute Gasteiger partial charge is 1.00 e. The molecule has 0 amide bonds. The molecule has 0 saturated carbocycles. The molecule has 0 aromatic carbocycles. The third kappa shape index (κ3) is 2.92. The number of aromatic amines is 1. The smallest absolute Gasteiger partial charge is 0.279 e. The minimum absolute atomic E-state index is 0. The van der Waals surface area contributed by atoms with Gasteiger partial charge in [-0.15, -0.1) is 4.58 Å². The highest BCUT2D eigenvalue weighted by atomic mass is 127. The lowest BCUT2D eigenvalue weighted by Gasteiger charge is -1.93. The van der Waals surface area contributed by atoms with Crippen LogP contribution in [0.2, 0.25) is 0 Å². The number of hydrogen-bond acceptors (Lipinski definition) is 3. The number of aliphatic imine (C=N–C) groups is 1. The first kappa shape index (κ1) is 13.4. The molecule has 0 bridgehead atoms. The van der Waals surface area contributed by atoms with Gasteiger partial charge >= 0.3 is 0 Å². The molecule has 5 nitrogen and oxygen atoms in total. The topological polar surface area (TPSA) is 55.3 Å². The fourth-order valence-electron chi connectivity index (χ4n) is 1.09. The Morgan fingerprint density at radius 1 is 1.50 bits per heavy atom. The lowest BCUT2D eigenvalue weighted by atomic mass is 10.3. The number of aromatic nitrogens is 3. The summed E-state index contributed by atoms with van der Waals surface area (Å²) in [5.41, 5.74) is 0.918. The van der Waals surface area contributed by atoms with Crippen LogP contribution in [0.25, 0.3) is 5.57 Å². The summed E-state index contributed by atoms with van der Waals surface area (Å²) in [6, 6.07) is 0. The lowest BCUT2D eigenvalue weighted by Crippen LogP contribution is -3.00. The number of halogens is 2. The summed E-state index contributed by atoms with van der Waals surface area (Å²) < 4.78 is 2.86. The van der Waals surface area contributed by atoms with Gasteiger partial charge in [-0.2, -0.15) is 0 Å². The molecule has 2 heterocycles. The highest BCUT2D eigenvalue weighted by Gasteiger charge is 2.19. The van der Waals surface area contributed by atoms with Crippen molar-refractivity contribution in [2.24, 2.45) is 4.99 Å². The van der Waals surface area contributed by atoms with Crippen molar-refractivity contribution in [1.82, 2.24) is 9.97 Å². The molecule has 16 heavy (non-hydrogen) atoms. The maximum absolute atomic E-state index is 4.14. The van der Waals surface area contributed by atoms with Gasteiger partial charge in [-0.3, -0.25) is 0 Å². The van der Waals surface area contributed by atoms with Crippen LogP contribution in [0.4, 0.5) is 0 Å². The molecule has 0 fully saturated rings. The number of hydrogen-bond donors (Lipinski definition) is 0. The Morgan fingerprint density at radius 3 is 3.00 bits per heavy atom. The van der Waals surface area contributed by atoms with Gasteiger partial charge in [0.15, 0.2) is 5.87 Å². The van der Waals surface area contributed by atoms with Crippen LogP contribution in [0.1, 0.15) is 5.82 Å². The quantitative estimate of drug-likeness (QED) is 0.272. The van der Waals surface area contributed by atoms with Crippen LogP contribution >= 0.6 is 22.6 Å². The minimum atomic E-state index is 0. The van der Waals surface area contributed by atoms with E-state index in [-0.39, 0.29) is 24.0 Å². The Bertz CT molecular complexity index is 500. The van der Waals surface area contributed by atoms with Gasteiger partial charge in [-0.1, -0.05) is 9.97 Å². The molecule has 0 atom stereocenters. The van der Waals surface area contributed by atoms with Gasteiger partial charge in [0.05, 0.1) is 0 Å². The molecule has 7 heteroatoms. The van der Waals surface area contributed by atoms with E-state index in [2.05, 4.69) is 48.4 Å².